The number of para-hydroxylation sites is 1. The van der Waals surface area contributed by atoms with Crippen LogP contribution >= 0.6 is 0 Å². The van der Waals surface area contributed by atoms with Crippen molar-refractivity contribution in [1.29, 1.82) is 0 Å². The Hall–Kier alpha value is -3.34. The third-order valence-corrected chi connectivity index (χ3v) is 3.95. The van der Waals surface area contributed by atoms with Gasteiger partial charge < -0.3 is 14.4 Å². The first-order valence-corrected chi connectivity index (χ1v) is 7.53. The molecule has 0 aliphatic rings. The molecule has 0 unspecified atom stereocenters. The molecule has 24 heavy (non-hydrogen) atoms. The first-order valence-electron chi connectivity index (χ1n) is 7.53. The average Bonchev–Trinajstić information content (AvgIpc) is 3.03. The zero-order valence-electron chi connectivity index (χ0n) is 13.0. The molecule has 2 heterocycles. The SMILES string of the molecule is COc1ncnc2c1c(-c1ccc(O)cc1)cn2-c1ccccc1. The fraction of sp³-hybridized carbons (Fsp3) is 0.0526. The maximum Gasteiger partial charge on any atom is 0.226 e. The van der Waals surface area contributed by atoms with Crippen LogP contribution in [0, 0.1) is 0 Å². The number of hydrogen-bond acceptors (Lipinski definition) is 4. The number of phenolic OH excluding ortho intramolecular Hbond substituents is 1. The number of phenols is 1. The van der Waals surface area contributed by atoms with E-state index in [2.05, 4.69) is 9.97 Å². The van der Waals surface area contributed by atoms with Crippen LogP contribution in [-0.4, -0.2) is 26.8 Å². The maximum absolute atomic E-state index is 9.55. The zero-order chi connectivity index (χ0) is 16.5. The summed E-state index contributed by atoms with van der Waals surface area (Å²) >= 11 is 0. The van der Waals surface area contributed by atoms with Crippen molar-refractivity contribution in [2.24, 2.45) is 0 Å². The molecular formula is C19H15N3O2. The fourth-order valence-electron chi connectivity index (χ4n) is 2.83. The number of benzene rings is 2. The van der Waals surface area contributed by atoms with Crippen molar-refractivity contribution in [3.05, 3.63) is 67.1 Å². The maximum atomic E-state index is 9.55. The number of fused-ring (bicyclic) bond motifs is 1. The lowest BCUT2D eigenvalue weighted by Gasteiger charge is -2.05. The van der Waals surface area contributed by atoms with Gasteiger partial charge in [-0.1, -0.05) is 30.3 Å². The summed E-state index contributed by atoms with van der Waals surface area (Å²) < 4.78 is 7.46. The lowest BCUT2D eigenvalue weighted by molar-refractivity contribution is 0.402. The lowest BCUT2D eigenvalue weighted by Crippen LogP contribution is -1.95. The van der Waals surface area contributed by atoms with Crippen LogP contribution in [0.25, 0.3) is 27.8 Å². The molecule has 0 saturated carbocycles. The highest BCUT2D eigenvalue weighted by Gasteiger charge is 2.17. The van der Waals surface area contributed by atoms with E-state index in [-0.39, 0.29) is 5.75 Å². The summed E-state index contributed by atoms with van der Waals surface area (Å²) in [5.41, 5.74) is 3.69. The first kappa shape index (κ1) is 14.3. The third kappa shape index (κ3) is 2.27. The number of nitrogens with zero attached hydrogens (tertiary/aromatic N) is 3. The standard InChI is InChI=1S/C19H15N3O2/c1-24-19-17-16(13-7-9-15(23)10-8-13)11-22(18(17)20-12-21-19)14-5-3-2-4-6-14/h2-12,23H,1H3. The molecule has 2 aromatic carbocycles. The summed E-state index contributed by atoms with van der Waals surface area (Å²) in [5, 5.41) is 10.4. The summed E-state index contributed by atoms with van der Waals surface area (Å²) in [6, 6.07) is 17.1. The Kier molecular flexibility index (Phi) is 3.39. The predicted octanol–water partition coefficient (Wildman–Crippen LogP) is 3.80. The lowest BCUT2D eigenvalue weighted by atomic mass is 10.1. The van der Waals surface area contributed by atoms with Crippen molar-refractivity contribution < 1.29 is 9.84 Å². The minimum atomic E-state index is 0.230. The van der Waals surface area contributed by atoms with Gasteiger partial charge >= 0.3 is 0 Å². The number of ether oxygens (including phenoxy) is 1. The molecular weight excluding hydrogens is 302 g/mol. The van der Waals surface area contributed by atoms with Gasteiger partial charge in [0.15, 0.2) is 5.65 Å². The van der Waals surface area contributed by atoms with E-state index in [9.17, 15) is 5.11 Å². The van der Waals surface area contributed by atoms with Crippen molar-refractivity contribution in [3.63, 3.8) is 0 Å². The molecule has 5 heteroatoms. The van der Waals surface area contributed by atoms with Crippen LogP contribution in [-0.2, 0) is 0 Å². The molecule has 4 rings (SSSR count). The van der Waals surface area contributed by atoms with Crippen LogP contribution < -0.4 is 4.74 Å². The Bertz CT molecular complexity index is 992. The van der Waals surface area contributed by atoms with E-state index in [1.54, 1.807) is 19.2 Å². The van der Waals surface area contributed by atoms with E-state index in [0.29, 0.717) is 5.88 Å². The number of methoxy groups -OCH3 is 1. The monoisotopic (exact) mass is 317 g/mol. The Balaban J connectivity index is 2.04. The summed E-state index contributed by atoms with van der Waals surface area (Å²) in [4.78, 5) is 8.69. The van der Waals surface area contributed by atoms with Gasteiger partial charge in [0.05, 0.1) is 12.5 Å². The van der Waals surface area contributed by atoms with Gasteiger partial charge in [0.1, 0.15) is 12.1 Å². The molecule has 0 spiro atoms. The van der Waals surface area contributed by atoms with Gasteiger partial charge in [-0.05, 0) is 29.8 Å². The van der Waals surface area contributed by atoms with Crippen LogP contribution in [0.15, 0.2) is 67.1 Å². The van der Waals surface area contributed by atoms with E-state index in [1.807, 2.05) is 53.2 Å². The van der Waals surface area contributed by atoms with Gasteiger partial charge in [-0.3, -0.25) is 0 Å². The molecule has 0 bridgehead atoms. The topological polar surface area (TPSA) is 60.2 Å². The predicted molar refractivity (Wildman–Crippen MR) is 92.5 cm³/mol. The van der Waals surface area contributed by atoms with Crippen LogP contribution in [0.3, 0.4) is 0 Å². The normalized spacial score (nSPS) is 10.9. The Morgan fingerprint density at radius 1 is 0.958 bits per heavy atom. The quantitative estimate of drug-likeness (QED) is 0.624. The second-order valence-electron chi connectivity index (χ2n) is 5.38. The van der Waals surface area contributed by atoms with Gasteiger partial charge in [-0.25, -0.2) is 9.97 Å². The molecule has 4 aromatic rings. The molecule has 2 aromatic heterocycles. The Morgan fingerprint density at radius 2 is 1.71 bits per heavy atom. The van der Waals surface area contributed by atoms with Gasteiger partial charge in [-0.2, -0.15) is 0 Å². The number of rotatable bonds is 3. The summed E-state index contributed by atoms with van der Waals surface area (Å²) in [5.74, 6) is 0.756. The summed E-state index contributed by atoms with van der Waals surface area (Å²) in [6.07, 6.45) is 3.52. The Morgan fingerprint density at radius 3 is 2.42 bits per heavy atom. The van der Waals surface area contributed by atoms with Crippen molar-refractivity contribution >= 4 is 11.0 Å². The molecule has 118 valence electrons. The second kappa shape index (κ2) is 5.70. The molecule has 0 aliphatic carbocycles. The van der Waals surface area contributed by atoms with E-state index in [1.165, 1.54) is 6.33 Å². The highest BCUT2D eigenvalue weighted by atomic mass is 16.5. The van der Waals surface area contributed by atoms with Gasteiger partial charge in [-0.15, -0.1) is 0 Å². The molecule has 0 saturated heterocycles. The van der Waals surface area contributed by atoms with Crippen LogP contribution in [0.5, 0.6) is 11.6 Å². The minimum absolute atomic E-state index is 0.230. The van der Waals surface area contributed by atoms with Crippen molar-refractivity contribution in [2.75, 3.05) is 7.11 Å². The van der Waals surface area contributed by atoms with Gasteiger partial charge in [0.25, 0.3) is 0 Å². The highest BCUT2D eigenvalue weighted by molar-refractivity contribution is 5.98. The van der Waals surface area contributed by atoms with Crippen molar-refractivity contribution in [3.8, 4) is 28.4 Å². The van der Waals surface area contributed by atoms with E-state index >= 15 is 0 Å². The molecule has 0 aliphatic heterocycles. The van der Waals surface area contributed by atoms with Gasteiger partial charge in [0.2, 0.25) is 5.88 Å². The molecule has 0 atom stereocenters. The third-order valence-electron chi connectivity index (χ3n) is 3.95. The number of hydrogen-bond donors (Lipinski definition) is 1. The average molecular weight is 317 g/mol. The molecule has 1 N–H and O–H groups in total. The molecule has 0 radical (unpaired) electrons. The van der Waals surface area contributed by atoms with E-state index in [0.717, 1.165) is 27.8 Å². The van der Waals surface area contributed by atoms with E-state index < -0.39 is 0 Å². The molecule has 0 amide bonds. The minimum Gasteiger partial charge on any atom is -0.508 e. The Labute approximate surface area is 138 Å². The highest BCUT2D eigenvalue weighted by Crippen LogP contribution is 2.36. The summed E-state index contributed by atoms with van der Waals surface area (Å²) in [6.45, 7) is 0. The summed E-state index contributed by atoms with van der Waals surface area (Å²) in [7, 11) is 1.60. The second-order valence-corrected chi connectivity index (χ2v) is 5.38. The molecule has 5 nitrogen and oxygen atoms in total. The number of aromatic hydroxyl groups is 1. The smallest absolute Gasteiger partial charge is 0.226 e. The zero-order valence-corrected chi connectivity index (χ0v) is 13.0. The van der Waals surface area contributed by atoms with Crippen LogP contribution in [0.4, 0.5) is 0 Å². The van der Waals surface area contributed by atoms with E-state index in [4.69, 9.17) is 4.74 Å². The largest absolute Gasteiger partial charge is 0.508 e. The number of aromatic nitrogens is 3. The van der Waals surface area contributed by atoms with Crippen LogP contribution in [0.1, 0.15) is 0 Å². The fourth-order valence-corrected chi connectivity index (χ4v) is 2.83. The molecule has 0 fully saturated rings. The van der Waals surface area contributed by atoms with Gasteiger partial charge in [0, 0.05) is 17.4 Å². The van der Waals surface area contributed by atoms with Crippen molar-refractivity contribution in [2.45, 2.75) is 0 Å². The van der Waals surface area contributed by atoms with Crippen LogP contribution in [0.2, 0.25) is 0 Å². The first-order chi connectivity index (χ1) is 11.8. The van der Waals surface area contributed by atoms with Crippen molar-refractivity contribution in [1.82, 2.24) is 14.5 Å².